The van der Waals surface area contributed by atoms with Gasteiger partial charge in [-0.2, -0.15) is 0 Å². The summed E-state index contributed by atoms with van der Waals surface area (Å²) in [6, 6.07) is 77.8. The number of hydrogen-bond donors (Lipinski definition) is 2. The van der Waals surface area contributed by atoms with E-state index in [-0.39, 0.29) is 13.4 Å². The maximum atomic E-state index is 7.74. The molecule has 0 amide bonds. The number of H-pyrrole nitrogens is 2. The molecule has 0 aliphatic carbocycles. The Labute approximate surface area is 555 Å². The van der Waals surface area contributed by atoms with E-state index in [2.05, 4.69) is 183 Å². The Morgan fingerprint density at radius 2 is 0.656 bits per heavy atom. The van der Waals surface area contributed by atoms with E-state index in [9.17, 15) is 0 Å². The number of fused-ring (bicyclic) bond motifs is 16. The molecule has 0 radical (unpaired) electrons. The van der Waals surface area contributed by atoms with Gasteiger partial charge in [-0.05, 0) is 157 Å². The molecule has 0 unspecified atom stereocenters. The first-order valence-electron chi connectivity index (χ1n) is 32.8. The topological polar surface area (TPSA) is 103 Å². The quantitative estimate of drug-likeness (QED) is 0.144. The summed E-state index contributed by atoms with van der Waals surface area (Å²) in [6.07, 6.45) is 0. The zero-order valence-corrected chi connectivity index (χ0v) is 53.3. The average molecular weight is 1240 g/mol. The van der Waals surface area contributed by atoms with Gasteiger partial charge < -0.3 is 52.9 Å². The van der Waals surface area contributed by atoms with Crippen molar-refractivity contribution >= 4 is 125 Å². The maximum Gasteiger partial charge on any atom is 0.280 e. The Morgan fingerprint density at radius 1 is 0.302 bits per heavy atom. The fourth-order valence-electron chi connectivity index (χ4n) is 16.6. The third-order valence-electron chi connectivity index (χ3n) is 20.1. The van der Waals surface area contributed by atoms with Crippen LogP contribution in [0.2, 0.25) is 0 Å². The number of hydrogen-bond acceptors (Lipinski definition) is 9. The summed E-state index contributed by atoms with van der Waals surface area (Å²) in [7, 11) is 0. The highest BCUT2D eigenvalue weighted by molar-refractivity contribution is 7.03. The van der Waals surface area contributed by atoms with E-state index >= 15 is 0 Å². The summed E-state index contributed by atoms with van der Waals surface area (Å²) in [5.74, 6) is 9.81. The van der Waals surface area contributed by atoms with Crippen molar-refractivity contribution in [1.82, 2.24) is 9.97 Å². The monoisotopic (exact) mass is 1240 g/mol. The highest BCUT2D eigenvalue weighted by atomic mass is 16.5. The Bertz CT molecular complexity index is 5670. The Balaban J connectivity index is 0.875. The molecule has 2 N–H and O–H groups in total. The van der Waals surface area contributed by atoms with Crippen LogP contribution in [0.5, 0.6) is 80.5 Å². The van der Waals surface area contributed by atoms with Crippen molar-refractivity contribution in [1.29, 1.82) is 0 Å². The molecule has 96 heavy (non-hydrogen) atoms. The van der Waals surface area contributed by atoms with Gasteiger partial charge >= 0.3 is 0 Å². The van der Waals surface area contributed by atoms with Crippen LogP contribution in [0.3, 0.4) is 0 Å². The molecule has 0 bridgehead atoms. The van der Waals surface area contributed by atoms with Crippen LogP contribution >= 0.6 is 0 Å². The van der Waals surface area contributed by atoms with Crippen LogP contribution in [-0.2, 0) is 0 Å². The van der Waals surface area contributed by atoms with Crippen molar-refractivity contribution in [2.45, 2.75) is 41.5 Å². The van der Waals surface area contributed by atoms with Crippen molar-refractivity contribution in [2.75, 3.05) is 9.80 Å². The molecule has 6 aliphatic heterocycles. The van der Waals surface area contributed by atoms with Crippen LogP contribution in [-0.4, -0.2) is 30.1 Å². The Morgan fingerprint density at radius 3 is 1.11 bits per heavy atom. The molecule has 0 saturated heterocycles. The van der Waals surface area contributed by atoms with Gasteiger partial charge in [0.05, 0.1) is 11.4 Å². The van der Waals surface area contributed by atoms with Gasteiger partial charge in [-0.15, -0.1) is 0 Å². The third kappa shape index (κ3) is 8.11. The van der Waals surface area contributed by atoms with Gasteiger partial charge in [0, 0.05) is 110 Å². The standard InChI is InChI=1S/C82H57B3N4O7/c1-44-30-46(3)77(47(4)31-44)88-64-42-69-61(85-76-72(94-69)38-55(92-52-24-14-9-15-25-52)39-73(76)96-80-57-27-17-19-29-63(57)87-82(80)85)40-58(64)83-60-41-59-65(43-68(60)93-70-36-53(34-66(88)74(70)83)90-50-20-10-7-11-21-50)89(78-48(5)32-45(2)33-49(78)6)67-35-54(91-51-22-12-8-13-23-51)37-71-75(67)84(59)81-79(95-71)56-26-16-18-28-62(56)86-81/h7-43,86-87H,1-6H3. The number of aromatic nitrogens is 2. The van der Waals surface area contributed by atoms with Crippen molar-refractivity contribution in [3.8, 4) is 80.5 Å². The molecular formula is C82H57B3N4O7. The molecule has 0 spiro atoms. The van der Waals surface area contributed by atoms with Gasteiger partial charge in [0.2, 0.25) is 0 Å². The minimum atomic E-state index is -0.400. The third-order valence-corrected chi connectivity index (χ3v) is 20.1. The zero-order valence-electron chi connectivity index (χ0n) is 53.3. The van der Waals surface area contributed by atoms with Crippen molar-refractivity contribution < 1.29 is 33.2 Å². The molecule has 0 saturated carbocycles. The molecule has 2 aromatic heterocycles. The van der Waals surface area contributed by atoms with Crippen molar-refractivity contribution in [3.63, 3.8) is 0 Å². The predicted molar refractivity (Wildman–Crippen MR) is 388 cm³/mol. The molecule has 14 heteroatoms. The minimum absolute atomic E-state index is 0.329. The van der Waals surface area contributed by atoms with E-state index in [1.807, 2.05) is 103 Å². The number of benzene rings is 12. The number of aryl methyl sites for hydroxylation is 6. The lowest BCUT2D eigenvalue weighted by Crippen LogP contribution is -2.65. The second-order valence-electron chi connectivity index (χ2n) is 26.4. The lowest BCUT2D eigenvalue weighted by atomic mass is 9.30. The number of aromatic amines is 2. The number of nitrogens with one attached hydrogen (secondary N) is 2. The second-order valence-corrected chi connectivity index (χ2v) is 26.4. The van der Waals surface area contributed by atoms with Gasteiger partial charge in [0.15, 0.2) is 0 Å². The number of nitrogens with zero attached hydrogens (tertiary/aromatic N) is 2. The molecule has 14 aromatic rings. The zero-order chi connectivity index (χ0) is 63.9. The second kappa shape index (κ2) is 20.3. The molecule has 20 rings (SSSR count). The number of anilines is 6. The summed E-state index contributed by atoms with van der Waals surface area (Å²) in [6.45, 7) is 12.1. The molecule has 6 aliphatic rings. The molecule has 456 valence electrons. The first-order chi connectivity index (χ1) is 47.0. The molecule has 8 heterocycles. The van der Waals surface area contributed by atoms with Crippen LogP contribution in [0.1, 0.15) is 33.4 Å². The first-order valence-corrected chi connectivity index (χ1v) is 32.8. The lowest BCUT2D eigenvalue weighted by Gasteiger charge is -2.44. The molecule has 0 atom stereocenters. The highest BCUT2D eigenvalue weighted by Crippen LogP contribution is 2.52. The van der Waals surface area contributed by atoms with Crippen LogP contribution < -0.4 is 92.4 Å². The fraction of sp³-hybridized carbons (Fsp3) is 0.0732. The van der Waals surface area contributed by atoms with E-state index in [4.69, 9.17) is 33.2 Å². The van der Waals surface area contributed by atoms with E-state index in [1.54, 1.807) is 0 Å². The molecular weight excluding hydrogens is 1190 g/mol. The van der Waals surface area contributed by atoms with Gasteiger partial charge in [-0.25, -0.2) is 0 Å². The van der Waals surface area contributed by atoms with E-state index in [1.165, 1.54) is 11.1 Å². The van der Waals surface area contributed by atoms with E-state index < -0.39 is 6.71 Å². The fourth-order valence-corrected chi connectivity index (χ4v) is 16.6. The molecule has 12 aromatic carbocycles. The smallest absolute Gasteiger partial charge is 0.280 e. The van der Waals surface area contributed by atoms with Gasteiger partial charge in [-0.3, -0.25) is 0 Å². The van der Waals surface area contributed by atoms with E-state index in [0.29, 0.717) is 46.0 Å². The van der Waals surface area contributed by atoms with E-state index in [0.717, 1.165) is 162 Å². The van der Waals surface area contributed by atoms with Crippen LogP contribution in [0.25, 0.3) is 21.8 Å². The van der Waals surface area contributed by atoms with Crippen LogP contribution in [0.4, 0.5) is 34.1 Å². The summed E-state index contributed by atoms with van der Waals surface area (Å²) >= 11 is 0. The Kier molecular flexibility index (Phi) is 11.6. The maximum absolute atomic E-state index is 7.74. The van der Waals surface area contributed by atoms with Gasteiger partial charge in [-0.1, -0.05) is 126 Å². The van der Waals surface area contributed by atoms with Gasteiger partial charge in [0.25, 0.3) is 20.1 Å². The Hall–Kier alpha value is -11.9. The molecule has 0 fully saturated rings. The van der Waals surface area contributed by atoms with Crippen molar-refractivity contribution in [2.24, 2.45) is 0 Å². The summed E-state index contributed by atoms with van der Waals surface area (Å²) in [5.41, 5.74) is 23.9. The number of rotatable bonds is 8. The van der Waals surface area contributed by atoms with Crippen LogP contribution in [0, 0.1) is 41.5 Å². The van der Waals surface area contributed by atoms with Gasteiger partial charge in [0.1, 0.15) is 80.5 Å². The normalized spacial score (nSPS) is 13.5. The SMILES string of the molecule is Cc1cc(C)c(N2c3cc4c(cc3B3c5cc6c(cc5Oc5cc(Oc7ccccc7)cc2c53)N(c2c(C)cc(C)cc2C)c2cc(Oc3ccccc3)cc3c2B6c2[nH]c5ccccc5c2O3)B2c3[nH]c5ccccc5c3Oc3cc(Oc5ccccc5)cc(c32)O4)c(C)c1. The first kappa shape index (κ1) is 54.6. The summed E-state index contributed by atoms with van der Waals surface area (Å²) in [5, 5.41) is 2.00. The highest BCUT2D eigenvalue weighted by Gasteiger charge is 2.51. The number of para-hydroxylation sites is 5. The average Bonchev–Trinajstić information content (AvgIpc) is 0.900. The van der Waals surface area contributed by atoms with Crippen LogP contribution in [0.15, 0.2) is 224 Å². The summed E-state index contributed by atoms with van der Waals surface area (Å²) < 4.78 is 50.1. The summed E-state index contributed by atoms with van der Waals surface area (Å²) in [4.78, 5) is 12.7. The number of ether oxygens (including phenoxy) is 7. The predicted octanol–water partition coefficient (Wildman–Crippen LogP) is 15.4. The largest absolute Gasteiger partial charge is 0.458 e. The lowest BCUT2D eigenvalue weighted by molar-refractivity contribution is 0.444. The molecule has 11 nitrogen and oxygen atoms in total. The minimum Gasteiger partial charge on any atom is -0.458 e. The van der Waals surface area contributed by atoms with Crippen molar-refractivity contribution in [3.05, 3.63) is 258 Å².